The number of sulfonamides is 1. The van der Waals surface area contributed by atoms with E-state index in [1.54, 1.807) is 42.5 Å². The maximum Gasteiger partial charge on any atom is 0.257 e. The van der Waals surface area contributed by atoms with E-state index in [4.69, 9.17) is 4.74 Å². The van der Waals surface area contributed by atoms with Crippen molar-refractivity contribution in [2.75, 3.05) is 32.6 Å². The number of hydrogen-bond donors (Lipinski definition) is 3. The number of likely N-dealkylation sites (N-methyl/N-ethyl adjacent to an activating group) is 1. The van der Waals surface area contributed by atoms with Crippen molar-refractivity contribution in [3.63, 3.8) is 0 Å². The second-order valence-electron chi connectivity index (χ2n) is 5.72. The molecule has 0 aliphatic carbocycles. The second-order valence-corrected chi connectivity index (χ2v) is 7.77. The molecule has 0 aliphatic rings. The molecule has 9 nitrogen and oxygen atoms in total. The maximum absolute atomic E-state index is 12.4. The fraction of sp³-hybridized carbons (Fsp3) is 0.222. The third kappa shape index (κ3) is 5.69. The van der Waals surface area contributed by atoms with Crippen molar-refractivity contribution >= 4 is 27.5 Å². The molecule has 2 amide bonds. The van der Waals surface area contributed by atoms with E-state index in [1.165, 1.54) is 26.3 Å². The predicted molar refractivity (Wildman–Crippen MR) is 104 cm³/mol. The topological polar surface area (TPSA) is 117 Å². The Hall–Kier alpha value is -3.11. The molecular formula is C18H22N4O5S. The summed E-state index contributed by atoms with van der Waals surface area (Å²) in [7, 11) is -0.994. The third-order valence-electron chi connectivity index (χ3n) is 3.71. The summed E-state index contributed by atoms with van der Waals surface area (Å²) in [5.74, 6) is -0.604. The number of ether oxygens (including phenoxy) is 1. The number of hydrogen-bond acceptors (Lipinski definition) is 6. The minimum atomic E-state index is -3.79. The van der Waals surface area contributed by atoms with Crippen molar-refractivity contribution in [1.29, 1.82) is 0 Å². The van der Waals surface area contributed by atoms with Gasteiger partial charge in [0.05, 0.1) is 30.8 Å². The van der Waals surface area contributed by atoms with Gasteiger partial charge in [0.2, 0.25) is 10.0 Å². The second kappa shape index (κ2) is 9.72. The lowest BCUT2D eigenvalue weighted by atomic mass is 10.3. The van der Waals surface area contributed by atoms with Crippen molar-refractivity contribution in [2.24, 2.45) is 0 Å². The van der Waals surface area contributed by atoms with E-state index in [9.17, 15) is 18.0 Å². The zero-order valence-electron chi connectivity index (χ0n) is 15.5. The first-order valence-corrected chi connectivity index (χ1v) is 9.74. The average Bonchev–Trinajstić information content (AvgIpc) is 2.71. The number of carbonyl (C=O) groups excluding carboxylic acids is 2. The lowest BCUT2D eigenvalue weighted by Gasteiger charge is -2.17. The van der Waals surface area contributed by atoms with Crippen molar-refractivity contribution in [3.8, 4) is 5.75 Å². The molecule has 0 bridgehead atoms. The molecule has 0 atom stereocenters. The summed E-state index contributed by atoms with van der Waals surface area (Å²) < 4.78 is 30.8. The van der Waals surface area contributed by atoms with Crippen molar-refractivity contribution in [2.45, 2.75) is 4.90 Å². The molecule has 0 saturated carbocycles. The third-order valence-corrected chi connectivity index (χ3v) is 5.52. The molecule has 0 fully saturated rings. The lowest BCUT2D eigenvalue weighted by Crippen LogP contribution is -2.48. The Balaban J connectivity index is 1.81. The van der Waals surface area contributed by atoms with Gasteiger partial charge in [-0.15, -0.1) is 0 Å². The van der Waals surface area contributed by atoms with Gasteiger partial charge in [0.25, 0.3) is 11.8 Å². The van der Waals surface area contributed by atoms with E-state index in [0.717, 1.165) is 4.31 Å². The van der Waals surface area contributed by atoms with Crippen LogP contribution in [0.15, 0.2) is 59.5 Å². The zero-order chi connectivity index (χ0) is 20.6. The van der Waals surface area contributed by atoms with Crippen molar-refractivity contribution in [1.82, 2.24) is 15.2 Å². The fourth-order valence-electron chi connectivity index (χ4n) is 2.25. The van der Waals surface area contributed by atoms with Crippen LogP contribution in [0.2, 0.25) is 0 Å². The van der Waals surface area contributed by atoms with Gasteiger partial charge in [-0.2, -0.15) is 4.31 Å². The van der Waals surface area contributed by atoms with E-state index in [2.05, 4.69) is 16.2 Å². The van der Waals surface area contributed by atoms with Gasteiger partial charge < -0.3 is 10.1 Å². The standard InChI is InChI=1S/C18H22N4O5S/c1-22(28(25,26)14-8-4-3-5-9-14)13-18(24)21-20-17(23)12-19-15-10-6-7-11-16(15)27-2/h3-11,19H,12-13H2,1-2H3,(H,20,23)(H,21,24). The first-order valence-electron chi connectivity index (χ1n) is 8.30. The van der Waals surface area contributed by atoms with Crippen molar-refractivity contribution in [3.05, 3.63) is 54.6 Å². The van der Waals surface area contributed by atoms with Gasteiger partial charge in [-0.1, -0.05) is 30.3 Å². The first kappa shape index (κ1) is 21.2. The Morgan fingerprint density at radius 2 is 1.57 bits per heavy atom. The summed E-state index contributed by atoms with van der Waals surface area (Å²) >= 11 is 0. The number of nitrogens with one attached hydrogen (secondary N) is 3. The number of benzene rings is 2. The van der Waals surface area contributed by atoms with Crippen LogP contribution in [-0.4, -0.2) is 51.8 Å². The number of nitrogens with zero attached hydrogens (tertiary/aromatic N) is 1. The van der Waals surface area contributed by atoms with Gasteiger partial charge >= 0.3 is 0 Å². The summed E-state index contributed by atoms with van der Waals surface area (Å²) in [6.45, 7) is -0.559. The van der Waals surface area contributed by atoms with Gasteiger partial charge in [0.1, 0.15) is 5.75 Å². The highest BCUT2D eigenvalue weighted by Gasteiger charge is 2.22. The average molecular weight is 406 g/mol. The summed E-state index contributed by atoms with van der Waals surface area (Å²) in [5, 5.41) is 2.88. The molecule has 10 heteroatoms. The van der Waals surface area contributed by atoms with E-state index in [1.807, 2.05) is 0 Å². The van der Waals surface area contributed by atoms with Crippen LogP contribution < -0.4 is 20.9 Å². The highest BCUT2D eigenvalue weighted by atomic mass is 32.2. The van der Waals surface area contributed by atoms with Crippen LogP contribution in [0.4, 0.5) is 5.69 Å². The molecule has 0 heterocycles. The monoisotopic (exact) mass is 406 g/mol. The summed E-state index contributed by atoms with van der Waals surface area (Å²) in [6.07, 6.45) is 0. The molecule has 0 aliphatic heterocycles. The van der Waals surface area contributed by atoms with E-state index in [0.29, 0.717) is 11.4 Å². The van der Waals surface area contributed by atoms with Gasteiger partial charge in [-0.3, -0.25) is 20.4 Å². The number of rotatable bonds is 8. The van der Waals surface area contributed by atoms with Gasteiger partial charge in [0, 0.05) is 7.05 Å². The molecule has 0 radical (unpaired) electrons. The Morgan fingerprint density at radius 1 is 0.964 bits per heavy atom. The minimum absolute atomic E-state index is 0.0790. The Labute approximate surface area is 163 Å². The molecule has 0 spiro atoms. The Kier molecular flexibility index (Phi) is 7.36. The maximum atomic E-state index is 12.4. The molecule has 0 unspecified atom stereocenters. The predicted octanol–water partition coefficient (Wildman–Crippen LogP) is 0.575. The Bertz CT molecular complexity index is 919. The molecule has 2 aromatic rings. The molecule has 0 saturated heterocycles. The number of amides is 2. The Morgan fingerprint density at radius 3 is 2.25 bits per heavy atom. The van der Waals surface area contributed by atoms with Crippen LogP contribution in [0.3, 0.4) is 0 Å². The molecule has 2 rings (SSSR count). The van der Waals surface area contributed by atoms with Gasteiger partial charge in [0.15, 0.2) is 0 Å². The smallest absolute Gasteiger partial charge is 0.257 e. The number of anilines is 1. The lowest BCUT2D eigenvalue weighted by molar-refractivity contribution is -0.128. The largest absolute Gasteiger partial charge is 0.495 e. The minimum Gasteiger partial charge on any atom is -0.495 e. The van der Waals surface area contributed by atoms with E-state index >= 15 is 0 Å². The van der Waals surface area contributed by atoms with E-state index < -0.39 is 28.4 Å². The number of methoxy groups -OCH3 is 1. The molecule has 28 heavy (non-hydrogen) atoms. The number of para-hydroxylation sites is 2. The molecule has 2 aromatic carbocycles. The molecule has 150 valence electrons. The van der Waals surface area contributed by atoms with Crippen LogP contribution in [0, 0.1) is 0 Å². The number of hydrazine groups is 1. The van der Waals surface area contributed by atoms with Gasteiger partial charge in [-0.05, 0) is 24.3 Å². The van der Waals surface area contributed by atoms with Crippen LogP contribution in [0.25, 0.3) is 0 Å². The van der Waals surface area contributed by atoms with Crippen LogP contribution >= 0.6 is 0 Å². The van der Waals surface area contributed by atoms with Crippen molar-refractivity contribution < 1.29 is 22.7 Å². The highest BCUT2D eigenvalue weighted by Crippen LogP contribution is 2.22. The quantitative estimate of drug-likeness (QED) is 0.552. The van der Waals surface area contributed by atoms with Crippen LogP contribution in [0.1, 0.15) is 0 Å². The van der Waals surface area contributed by atoms with Gasteiger partial charge in [-0.25, -0.2) is 8.42 Å². The zero-order valence-corrected chi connectivity index (χ0v) is 16.3. The SMILES string of the molecule is COc1ccccc1NCC(=O)NNC(=O)CN(C)S(=O)(=O)c1ccccc1. The summed E-state index contributed by atoms with van der Waals surface area (Å²) in [4.78, 5) is 23.9. The molecular weight excluding hydrogens is 384 g/mol. The van der Waals surface area contributed by atoms with Crippen LogP contribution in [-0.2, 0) is 19.6 Å². The van der Waals surface area contributed by atoms with E-state index in [-0.39, 0.29) is 11.4 Å². The first-order chi connectivity index (χ1) is 13.3. The molecule has 3 N–H and O–H groups in total. The molecule has 0 aromatic heterocycles. The normalized spacial score (nSPS) is 11.0. The fourth-order valence-corrected chi connectivity index (χ4v) is 3.40. The van der Waals surface area contributed by atoms with Crippen LogP contribution in [0.5, 0.6) is 5.75 Å². The highest BCUT2D eigenvalue weighted by molar-refractivity contribution is 7.89. The summed E-state index contributed by atoms with van der Waals surface area (Å²) in [6, 6.07) is 14.8. The number of carbonyl (C=O) groups is 2. The summed E-state index contributed by atoms with van der Waals surface area (Å²) in [5.41, 5.74) is 5.03.